The summed E-state index contributed by atoms with van der Waals surface area (Å²) >= 11 is 5.73. The van der Waals surface area contributed by atoms with Gasteiger partial charge in [0, 0.05) is 22.7 Å². The molecule has 0 unspecified atom stereocenters. The molecule has 0 spiro atoms. The lowest BCUT2D eigenvalue weighted by Gasteiger charge is -2.20. The van der Waals surface area contributed by atoms with Crippen LogP contribution in [0.4, 0.5) is 4.79 Å². The van der Waals surface area contributed by atoms with Gasteiger partial charge in [-0.3, -0.25) is 19.7 Å². The molecule has 4 amide bonds. The Balaban J connectivity index is 2.24. The highest BCUT2D eigenvalue weighted by molar-refractivity contribution is 6.30. The van der Waals surface area contributed by atoms with E-state index in [1.165, 1.54) is 0 Å². The van der Waals surface area contributed by atoms with Crippen LogP contribution in [-0.4, -0.2) is 42.5 Å². The molecule has 142 valence electrons. The van der Waals surface area contributed by atoms with Crippen LogP contribution in [0.15, 0.2) is 24.3 Å². The first kappa shape index (κ1) is 21.4. The van der Waals surface area contributed by atoms with E-state index in [-0.39, 0.29) is 18.9 Å². The number of amides is 4. The van der Waals surface area contributed by atoms with Gasteiger partial charge in [-0.1, -0.05) is 11.6 Å². The third-order valence-corrected chi connectivity index (χ3v) is 3.08. The van der Waals surface area contributed by atoms with E-state index in [1.807, 2.05) is 5.32 Å². The fraction of sp³-hybridized carbons (Fsp3) is 0.412. The Morgan fingerprint density at radius 2 is 1.69 bits per heavy atom. The summed E-state index contributed by atoms with van der Waals surface area (Å²) in [6.07, 6.45) is -0.110. The summed E-state index contributed by atoms with van der Waals surface area (Å²) in [4.78, 5) is 46.4. The number of ether oxygens (including phenoxy) is 1. The Kier molecular flexibility index (Phi) is 8.05. The molecule has 26 heavy (non-hydrogen) atoms. The molecule has 0 bridgehead atoms. The van der Waals surface area contributed by atoms with Crippen molar-refractivity contribution in [2.24, 2.45) is 0 Å². The van der Waals surface area contributed by atoms with Crippen LogP contribution in [0.25, 0.3) is 0 Å². The van der Waals surface area contributed by atoms with Crippen LogP contribution < -0.4 is 16.0 Å². The summed E-state index contributed by atoms with van der Waals surface area (Å²) in [7, 11) is 0. The van der Waals surface area contributed by atoms with Crippen molar-refractivity contribution in [1.82, 2.24) is 16.0 Å². The van der Waals surface area contributed by atoms with Crippen LogP contribution in [0.3, 0.4) is 0 Å². The molecule has 0 heterocycles. The summed E-state index contributed by atoms with van der Waals surface area (Å²) < 4.78 is 4.74. The van der Waals surface area contributed by atoms with E-state index in [9.17, 15) is 19.2 Å². The number of imide groups is 1. The third-order valence-electron chi connectivity index (χ3n) is 2.83. The van der Waals surface area contributed by atoms with Crippen LogP contribution in [0.1, 0.15) is 37.6 Å². The minimum atomic E-state index is -0.745. The van der Waals surface area contributed by atoms with E-state index in [4.69, 9.17) is 16.3 Å². The van der Waals surface area contributed by atoms with Crippen molar-refractivity contribution in [3.8, 4) is 0 Å². The maximum atomic E-state index is 11.8. The number of hydrogen-bond acceptors (Lipinski definition) is 5. The Labute approximate surface area is 156 Å². The third kappa shape index (κ3) is 9.03. The number of halogens is 1. The summed E-state index contributed by atoms with van der Waals surface area (Å²) in [5.41, 5.74) is -0.0874. The SMILES string of the molecule is CC(C)(C)NC(=O)NC(=O)COC(=O)CCNC(=O)c1ccc(Cl)cc1. The summed E-state index contributed by atoms with van der Waals surface area (Å²) in [6, 6.07) is 5.61. The number of rotatable bonds is 6. The molecule has 0 radical (unpaired) electrons. The molecule has 0 saturated heterocycles. The predicted octanol–water partition coefficient (Wildman–Crippen LogP) is 1.63. The van der Waals surface area contributed by atoms with E-state index in [0.717, 1.165) is 0 Å². The lowest BCUT2D eigenvalue weighted by Crippen LogP contribution is -2.49. The minimum Gasteiger partial charge on any atom is -0.456 e. The van der Waals surface area contributed by atoms with Crippen molar-refractivity contribution in [3.63, 3.8) is 0 Å². The molecular formula is C17H22ClN3O5. The number of nitrogens with one attached hydrogen (secondary N) is 3. The first-order valence-corrected chi connectivity index (χ1v) is 8.26. The first-order chi connectivity index (χ1) is 12.1. The second kappa shape index (κ2) is 9.76. The Morgan fingerprint density at radius 3 is 2.27 bits per heavy atom. The van der Waals surface area contributed by atoms with E-state index in [1.54, 1.807) is 45.0 Å². The number of esters is 1. The molecule has 3 N–H and O–H groups in total. The average molecular weight is 384 g/mol. The second-order valence-electron chi connectivity index (χ2n) is 6.43. The lowest BCUT2D eigenvalue weighted by molar-refractivity contribution is -0.148. The normalized spacial score (nSPS) is 10.6. The molecule has 0 fully saturated rings. The smallest absolute Gasteiger partial charge is 0.321 e. The van der Waals surface area contributed by atoms with Gasteiger partial charge in [0.05, 0.1) is 6.42 Å². The molecular weight excluding hydrogens is 362 g/mol. The van der Waals surface area contributed by atoms with Crippen LogP contribution in [0, 0.1) is 0 Å². The molecule has 9 heteroatoms. The monoisotopic (exact) mass is 383 g/mol. The molecule has 0 atom stereocenters. The molecule has 1 aromatic carbocycles. The fourth-order valence-corrected chi connectivity index (χ4v) is 1.86. The molecule has 1 rings (SSSR count). The van der Waals surface area contributed by atoms with Gasteiger partial charge in [-0.05, 0) is 45.0 Å². The van der Waals surface area contributed by atoms with Gasteiger partial charge in [0.15, 0.2) is 6.61 Å². The standard InChI is InChI=1S/C17H22ClN3O5/c1-17(2,3)21-16(25)20-13(22)10-26-14(23)8-9-19-15(24)11-4-6-12(18)7-5-11/h4-7H,8-10H2,1-3H3,(H,19,24)(H2,20,21,22,25). The second-order valence-corrected chi connectivity index (χ2v) is 6.86. The quantitative estimate of drug-likeness (QED) is 0.646. The Morgan fingerprint density at radius 1 is 1.08 bits per heavy atom. The molecule has 0 aliphatic heterocycles. The van der Waals surface area contributed by atoms with E-state index in [0.29, 0.717) is 10.6 Å². The van der Waals surface area contributed by atoms with E-state index in [2.05, 4.69) is 10.6 Å². The molecule has 0 aromatic heterocycles. The summed E-state index contributed by atoms with van der Waals surface area (Å²) in [5.74, 6) is -1.77. The van der Waals surface area contributed by atoms with Gasteiger partial charge < -0.3 is 15.4 Å². The number of carbonyl (C=O) groups excluding carboxylic acids is 4. The van der Waals surface area contributed by atoms with Crippen LogP contribution in [0.2, 0.25) is 5.02 Å². The van der Waals surface area contributed by atoms with Gasteiger partial charge in [0.25, 0.3) is 11.8 Å². The first-order valence-electron chi connectivity index (χ1n) is 7.88. The average Bonchev–Trinajstić information content (AvgIpc) is 2.51. The van der Waals surface area contributed by atoms with Crippen molar-refractivity contribution in [1.29, 1.82) is 0 Å². The van der Waals surface area contributed by atoms with Gasteiger partial charge >= 0.3 is 12.0 Å². The van der Waals surface area contributed by atoms with Crippen LogP contribution in [0.5, 0.6) is 0 Å². The summed E-state index contributed by atoms with van der Waals surface area (Å²) in [5, 5.41) is 7.64. The Bertz CT molecular complexity index is 668. The molecule has 0 saturated carbocycles. The van der Waals surface area contributed by atoms with Crippen molar-refractivity contribution >= 4 is 35.4 Å². The highest BCUT2D eigenvalue weighted by Gasteiger charge is 2.16. The zero-order chi connectivity index (χ0) is 19.7. The van der Waals surface area contributed by atoms with Crippen molar-refractivity contribution in [2.45, 2.75) is 32.7 Å². The Hall–Kier alpha value is -2.61. The summed E-state index contributed by atoms with van der Waals surface area (Å²) in [6.45, 7) is 4.74. The highest BCUT2D eigenvalue weighted by Crippen LogP contribution is 2.09. The van der Waals surface area contributed by atoms with Crippen molar-refractivity contribution in [2.75, 3.05) is 13.2 Å². The van der Waals surface area contributed by atoms with Gasteiger partial charge in [0.2, 0.25) is 0 Å². The van der Waals surface area contributed by atoms with Gasteiger partial charge in [0.1, 0.15) is 0 Å². The molecule has 0 aliphatic carbocycles. The van der Waals surface area contributed by atoms with Crippen molar-refractivity contribution < 1.29 is 23.9 Å². The van der Waals surface area contributed by atoms with E-state index < -0.39 is 30.1 Å². The van der Waals surface area contributed by atoms with Gasteiger partial charge in [-0.2, -0.15) is 0 Å². The zero-order valence-corrected chi connectivity index (χ0v) is 15.6. The fourth-order valence-electron chi connectivity index (χ4n) is 1.73. The highest BCUT2D eigenvalue weighted by atomic mass is 35.5. The lowest BCUT2D eigenvalue weighted by atomic mass is 10.1. The maximum Gasteiger partial charge on any atom is 0.321 e. The zero-order valence-electron chi connectivity index (χ0n) is 14.8. The molecule has 0 aliphatic rings. The molecule has 8 nitrogen and oxygen atoms in total. The largest absolute Gasteiger partial charge is 0.456 e. The number of carbonyl (C=O) groups is 4. The molecule has 1 aromatic rings. The maximum absolute atomic E-state index is 11.8. The number of urea groups is 1. The number of benzene rings is 1. The van der Waals surface area contributed by atoms with Gasteiger partial charge in [-0.25, -0.2) is 4.79 Å². The predicted molar refractivity (Wildman–Crippen MR) is 95.8 cm³/mol. The minimum absolute atomic E-state index is 0.0480. The van der Waals surface area contributed by atoms with E-state index >= 15 is 0 Å². The van der Waals surface area contributed by atoms with Crippen LogP contribution >= 0.6 is 11.6 Å². The van der Waals surface area contributed by atoms with Gasteiger partial charge in [-0.15, -0.1) is 0 Å². The number of hydrogen-bond donors (Lipinski definition) is 3. The van der Waals surface area contributed by atoms with Crippen LogP contribution in [-0.2, 0) is 14.3 Å². The van der Waals surface area contributed by atoms with Crippen molar-refractivity contribution in [3.05, 3.63) is 34.9 Å². The topological polar surface area (TPSA) is 114 Å².